The molecule has 146 valence electrons. The van der Waals surface area contributed by atoms with Crippen molar-refractivity contribution in [1.82, 2.24) is 15.1 Å². The Labute approximate surface area is 158 Å². The van der Waals surface area contributed by atoms with Gasteiger partial charge in [-0.2, -0.15) is 0 Å². The number of nitrogens with zero attached hydrogens (tertiary/aromatic N) is 2. The van der Waals surface area contributed by atoms with E-state index in [1.165, 1.54) is 0 Å². The van der Waals surface area contributed by atoms with Crippen molar-refractivity contribution in [3.63, 3.8) is 0 Å². The molecule has 1 aromatic rings. The minimum Gasteiger partial charge on any atom is -0.390 e. The Kier molecular flexibility index (Phi) is 7.62. The zero-order chi connectivity index (χ0) is 19.2. The van der Waals surface area contributed by atoms with E-state index in [1.54, 1.807) is 0 Å². The van der Waals surface area contributed by atoms with Gasteiger partial charge in [-0.25, -0.2) is 0 Å². The molecule has 1 atom stereocenters. The second kappa shape index (κ2) is 9.49. The fourth-order valence-corrected chi connectivity index (χ4v) is 3.26. The Balaban J connectivity index is 1.77. The second-order valence-electron chi connectivity index (χ2n) is 8.25. The highest BCUT2D eigenvalue weighted by molar-refractivity contribution is 5.94. The van der Waals surface area contributed by atoms with Gasteiger partial charge in [-0.05, 0) is 64.8 Å². The lowest BCUT2D eigenvalue weighted by molar-refractivity contribution is 0.0714. The number of aliphatic hydroxyl groups is 1. The lowest BCUT2D eigenvalue weighted by Gasteiger charge is -2.36. The summed E-state index contributed by atoms with van der Waals surface area (Å²) in [5.41, 5.74) is 1.11. The van der Waals surface area contributed by atoms with Gasteiger partial charge in [0, 0.05) is 44.3 Å². The number of benzene rings is 1. The first-order chi connectivity index (χ1) is 12.2. The summed E-state index contributed by atoms with van der Waals surface area (Å²) >= 11 is 0. The van der Waals surface area contributed by atoms with Crippen LogP contribution in [0.4, 0.5) is 0 Å². The van der Waals surface area contributed by atoms with Crippen molar-refractivity contribution < 1.29 is 9.90 Å². The molecule has 1 amide bonds. The molecule has 0 aliphatic carbocycles. The van der Waals surface area contributed by atoms with Crippen LogP contribution in [0.15, 0.2) is 24.3 Å². The SMILES string of the molecule is C[C@H](CCNC(=O)c1cccc(CCC(C)(C)O)c1)N1CCN(C)CC1. The number of hydrogen-bond donors (Lipinski definition) is 2. The van der Waals surface area contributed by atoms with Gasteiger partial charge >= 0.3 is 0 Å². The van der Waals surface area contributed by atoms with Crippen molar-refractivity contribution in [2.24, 2.45) is 0 Å². The fourth-order valence-electron chi connectivity index (χ4n) is 3.26. The topological polar surface area (TPSA) is 55.8 Å². The third-order valence-electron chi connectivity index (χ3n) is 5.22. The molecule has 5 nitrogen and oxygen atoms in total. The lowest BCUT2D eigenvalue weighted by atomic mass is 9.98. The van der Waals surface area contributed by atoms with E-state index in [4.69, 9.17) is 0 Å². The Hall–Kier alpha value is -1.43. The van der Waals surface area contributed by atoms with Crippen LogP contribution in [0, 0.1) is 0 Å². The maximum absolute atomic E-state index is 12.4. The predicted molar refractivity (Wildman–Crippen MR) is 107 cm³/mol. The van der Waals surface area contributed by atoms with Crippen molar-refractivity contribution in [3.8, 4) is 0 Å². The summed E-state index contributed by atoms with van der Waals surface area (Å²) in [5, 5.41) is 12.9. The van der Waals surface area contributed by atoms with Crippen molar-refractivity contribution in [1.29, 1.82) is 0 Å². The van der Waals surface area contributed by atoms with E-state index in [9.17, 15) is 9.90 Å². The summed E-state index contributed by atoms with van der Waals surface area (Å²) in [4.78, 5) is 17.3. The molecule has 0 saturated carbocycles. The van der Waals surface area contributed by atoms with Crippen LogP contribution in [0.25, 0.3) is 0 Å². The number of amides is 1. The molecular formula is C21H35N3O2. The highest BCUT2D eigenvalue weighted by atomic mass is 16.3. The Morgan fingerprint density at radius 3 is 2.62 bits per heavy atom. The van der Waals surface area contributed by atoms with Crippen LogP contribution < -0.4 is 5.32 Å². The lowest BCUT2D eigenvalue weighted by Crippen LogP contribution is -2.48. The van der Waals surface area contributed by atoms with Crippen LogP contribution in [0.5, 0.6) is 0 Å². The molecule has 0 bridgehead atoms. The Morgan fingerprint density at radius 2 is 1.96 bits per heavy atom. The van der Waals surface area contributed by atoms with E-state index >= 15 is 0 Å². The largest absolute Gasteiger partial charge is 0.390 e. The number of likely N-dealkylation sites (N-methyl/N-ethyl adjacent to an activating group) is 1. The summed E-state index contributed by atoms with van der Waals surface area (Å²) in [6.07, 6.45) is 2.42. The van der Waals surface area contributed by atoms with Crippen molar-refractivity contribution >= 4 is 5.91 Å². The van der Waals surface area contributed by atoms with E-state index in [0.29, 0.717) is 24.6 Å². The molecule has 0 radical (unpaired) electrons. The monoisotopic (exact) mass is 361 g/mol. The molecular weight excluding hydrogens is 326 g/mol. The van der Waals surface area contributed by atoms with Gasteiger partial charge in [-0.1, -0.05) is 12.1 Å². The van der Waals surface area contributed by atoms with Gasteiger partial charge in [0.1, 0.15) is 0 Å². The van der Waals surface area contributed by atoms with Gasteiger partial charge in [0.15, 0.2) is 0 Å². The molecule has 1 fully saturated rings. The molecule has 1 aliphatic rings. The van der Waals surface area contributed by atoms with Gasteiger partial charge in [0.25, 0.3) is 5.91 Å². The predicted octanol–water partition coefficient (Wildman–Crippen LogP) is 2.15. The summed E-state index contributed by atoms with van der Waals surface area (Å²) < 4.78 is 0. The number of nitrogens with one attached hydrogen (secondary N) is 1. The summed E-state index contributed by atoms with van der Waals surface area (Å²) in [7, 11) is 2.16. The van der Waals surface area contributed by atoms with E-state index in [-0.39, 0.29) is 5.91 Å². The van der Waals surface area contributed by atoms with Crippen molar-refractivity contribution in [3.05, 3.63) is 35.4 Å². The minimum absolute atomic E-state index is 0.0133. The first-order valence-electron chi connectivity index (χ1n) is 9.77. The van der Waals surface area contributed by atoms with Crippen LogP contribution in [0.3, 0.4) is 0 Å². The molecule has 0 unspecified atom stereocenters. The van der Waals surface area contributed by atoms with E-state index < -0.39 is 5.60 Å². The molecule has 2 rings (SSSR count). The van der Waals surface area contributed by atoms with Gasteiger partial charge in [-0.3, -0.25) is 9.69 Å². The maximum atomic E-state index is 12.4. The number of carbonyl (C=O) groups excluding carboxylic acids is 1. The van der Waals surface area contributed by atoms with Crippen molar-refractivity contribution in [2.45, 2.75) is 51.7 Å². The number of hydrogen-bond acceptors (Lipinski definition) is 4. The van der Waals surface area contributed by atoms with Crippen molar-refractivity contribution in [2.75, 3.05) is 39.8 Å². The quantitative estimate of drug-likeness (QED) is 0.745. The average molecular weight is 362 g/mol. The Morgan fingerprint density at radius 1 is 1.27 bits per heavy atom. The number of carbonyl (C=O) groups is 1. The zero-order valence-corrected chi connectivity index (χ0v) is 16.8. The highest BCUT2D eigenvalue weighted by Gasteiger charge is 2.19. The molecule has 1 aliphatic heterocycles. The second-order valence-corrected chi connectivity index (χ2v) is 8.25. The van der Waals surface area contributed by atoms with E-state index in [2.05, 4.69) is 29.1 Å². The van der Waals surface area contributed by atoms with Gasteiger partial charge in [0.2, 0.25) is 0 Å². The van der Waals surface area contributed by atoms with Crippen LogP contribution in [-0.2, 0) is 6.42 Å². The molecule has 0 aromatic heterocycles. The molecule has 26 heavy (non-hydrogen) atoms. The number of aryl methyl sites for hydroxylation is 1. The van der Waals surface area contributed by atoms with Gasteiger partial charge < -0.3 is 15.3 Å². The molecule has 1 heterocycles. The number of piperazine rings is 1. The van der Waals surface area contributed by atoms with E-state index in [1.807, 2.05) is 38.1 Å². The van der Waals surface area contributed by atoms with Crippen LogP contribution in [0.1, 0.15) is 49.5 Å². The molecule has 0 spiro atoms. The molecule has 1 aromatic carbocycles. The maximum Gasteiger partial charge on any atom is 0.251 e. The zero-order valence-electron chi connectivity index (χ0n) is 16.8. The fraction of sp³-hybridized carbons (Fsp3) is 0.667. The smallest absolute Gasteiger partial charge is 0.251 e. The first kappa shape index (κ1) is 20.9. The summed E-state index contributed by atoms with van der Waals surface area (Å²) in [6.45, 7) is 11.0. The minimum atomic E-state index is -0.683. The van der Waals surface area contributed by atoms with E-state index in [0.717, 1.165) is 44.6 Å². The summed E-state index contributed by atoms with van der Waals surface area (Å²) in [6, 6.07) is 8.21. The van der Waals surface area contributed by atoms with Gasteiger partial charge in [-0.15, -0.1) is 0 Å². The number of rotatable bonds is 8. The molecule has 2 N–H and O–H groups in total. The first-order valence-corrected chi connectivity index (χ1v) is 9.77. The van der Waals surface area contributed by atoms with Crippen LogP contribution in [-0.4, -0.2) is 72.2 Å². The average Bonchev–Trinajstić information content (AvgIpc) is 2.60. The summed E-state index contributed by atoms with van der Waals surface area (Å²) in [5.74, 6) is -0.0133. The highest BCUT2D eigenvalue weighted by Crippen LogP contribution is 2.14. The molecule has 5 heteroatoms. The third kappa shape index (κ3) is 7.06. The third-order valence-corrected chi connectivity index (χ3v) is 5.22. The normalized spacial score (nSPS) is 17.9. The van der Waals surface area contributed by atoms with Crippen LogP contribution >= 0.6 is 0 Å². The van der Waals surface area contributed by atoms with Gasteiger partial charge in [0.05, 0.1) is 5.60 Å². The standard InChI is InChI=1S/C21H35N3O2/c1-17(24-14-12-23(4)13-15-24)9-11-22-20(25)19-7-5-6-18(16-19)8-10-21(2,3)26/h5-7,16-17,26H,8-15H2,1-4H3,(H,22,25)/t17-/m1/s1. The Bertz CT molecular complexity index is 575. The van der Waals surface area contributed by atoms with Crippen LogP contribution in [0.2, 0.25) is 0 Å². The molecule has 1 saturated heterocycles.